The van der Waals surface area contributed by atoms with Gasteiger partial charge in [-0.05, 0) is 31.0 Å². The zero-order chi connectivity index (χ0) is 16.1. The Morgan fingerprint density at radius 3 is 3.09 bits per heavy atom. The lowest BCUT2D eigenvalue weighted by molar-refractivity contribution is -0.130. The van der Waals surface area contributed by atoms with Gasteiger partial charge in [-0.1, -0.05) is 12.1 Å². The predicted molar refractivity (Wildman–Crippen MR) is 81.5 cm³/mol. The second-order valence-corrected chi connectivity index (χ2v) is 5.25. The highest BCUT2D eigenvalue weighted by atomic mass is 19.1. The molecule has 0 saturated carbocycles. The summed E-state index contributed by atoms with van der Waals surface area (Å²) in [6.07, 6.45) is 2.85. The van der Waals surface area contributed by atoms with Gasteiger partial charge in [0.25, 0.3) is 0 Å². The maximum atomic E-state index is 13.2. The maximum Gasteiger partial charge on any atom is 0.249 e. The van der Waals surface area contributed by atoms with E-state index in [1.807, 2.05) is 0 Å². The lowest BCUT2D eigenvalue weighted by atomic mass is 10.2. The number of aromatic nitrogens is 1. The monoisotopic (exact) mass is 316 g/mol. The van der Waals surface area contributed by atoms with Gasteiger partial charge in [-0.25, -0.2) is 9.37 Å². The van der Waals surface area contributed by atoms with E-state index >= 15 is 0 Å². The van der Waals surface area contributed by atoms with Crippen molar-refractivity contribution in [2.75, 3.05) is 6.61 Å². The van der Waals surface area contributed by atoms with Crippen molar-refractivity contribution in [1.29, 1.82) is 0 Å². The van der Waals surface area contributed by atoms with Crippen LogP contribution in [-0.2, 0) is 16.1 Å². The second-order valence-electron chi connectivity index (χ2n) is 5.25. The van der Waals surface area contributed by atoms with Crippen LogP contribution in [0.3, 0.4) is 0 Å². The van der Waals surface area contributed by atoms with E-state index in [1.165, 1.54) is 12.1 Å². The fourth-order valence-corrected chi connectivity index (χ4v) is 2.37. The molecule has 1 unspecified atom stereocenters. The zero-order valence-corrected chi connectivity index (χ0v) is 12.5. The summed E-state index contributed by atoms with van der Waals surface area (Å²) in [7, 11) is 0. The van der Waals surface area contributed by atoms with Crippen LogP contribution < -0.4 is 10.1 Å². The molecule has 1 aromatic carbocycles. The molecule has 0 aliphatic carbocycles. The number of nitrogens with zero attached hydrogens (tertiary/aromatic N) is 1. The number of carbonyl (C=O) groups is 1. The van der Waals surface area contributed by atoms with Gasteiger partial charge in [-0.15, -0.1) is 0 Å². The number of amides is 1. The molecule has 1 atom stereocenters. The number of nitrogens with one attached hydrogen (secondary N) is 1. The van der Waals surface area contributed by atoms with Crippen LogP contribution in [0.15, 0.2) is 42.6 Å². The van der Waals surface area contributed by atoms with Gasteiger partial charge >= 0.3 is 0 Å². The van der Waals surface area contributed by atoms with Crippen molar-refractivity contribution < 1.29 is 18.7 Å². The first-order valence-corrected chi connectivity index (χ1v) is 7.49. The Morgan fingerprint density at radius 1 is 1.39 bits per heavy atom. The van der Waals surface area contributed by atoms with Gasteiger partial charge in [0.1, 0.15) is 17.7 Å². The molecule has 0 radical (unpaired) electrons. The van der Waals surface area contributed by atoms with Gasteiger partial charge in [0.2, 0.25) is 11.8 Å². The zero-order valence-electron chi connectivity index (χ0n) is 12.5. The quantitative estimate of drug-likeness (QED) is 0.921. The molecule has 120 valence electrons. The summed E-state index contributed by atoms with van der Waals surface area (Å²) in [6.45, 7) is 0.899. The van der Waals surface area contributed by atoms with Crippen molar-refractivity contribution in [2.45, 2.75) is 25.5 Å². The van der Waals surface area contributed by atoms with Gasteiger partial charge in [0.15, 0.2) is 0 Å². The summed E-state index contributed by atoms with van der Waals surface area (Å²) in [6, 6.07) is 9.39. The number of rotatable bonds is 5. The van der Waals surface area contributed by atoms with Crippen LogP contribution in [0.1, 0.15) is 18.4 Å². The van der Waals surface area contributed by atoms with E-state index in [4.69, 9.17) is 9.47 Å². The highest BCUT2D eigenvalue weighted by Gasteiger charge is 2.23. The van der Waals surface area contributed by atoms with E-state index in [0.29, 0.717) is 23.8 Å². The Labute approximate surface area is 133 Å². The maximum absolute atomic E-state index is 13.2. The first-order chi connectivity index (χ1) is 11.2. The van der Waals surface area contributed by atoms with Crippen molar-refractivity contribution in [3.8, 4) is 11.6 Å². The summed E-state index contributed by atoms with van der Waals surface area (Å²) < 4.78 is 24.2. The van der Waals surface area contributed by atoms with Gasteiger partial charge in [-0.3, -0.25) is 4.79 Å². The highest BCUT2D eigenvalue weighted by molar-refractivity contribution is 5.80. The summed E-state index contributed by atoms with van der Waals surface area (Å²) in [5, 5.41) is 2.82. The second kappa shape index (κ2) is 7.19. The van der Waals surface area contributed by atoms with Gasteiger partial charge in [-0.2, -0.15) is 0 Å². The van der Waals surface area contributed by atoms with E-state index in [1.54, 1.807) is 30.5 Å². The molecule has 1 aliphatic rings. The van der Waals surface area contributed by atoms with Crippen LogP contribution in [0.4, 0.5) is 4.39 Å². The molecule has 2 aromatic rings. The smallest absolute Gasteiger partial charge is 0.249 e. The van der Waals surface area contributed by atoms with Crippen molar-refractivity contribution in [3.05, 3.63) is 54.0 Å². The van der Waals surface area contributed by atoms with Crippen molar-refractivity contribution >= 4 is 5.91 Å². The molecular weight excluding hydrogens is 299 g/mol. The summed E-state index contributed by atoms with van der Waals surface area (Å²) >= 11 is 0. The van der Waals surface area contributed by atoms with Crippen molar-refractivity contribution in [1.82, 2.24) is 10.3 Å². The van der Waals surface area contributed by atoms with E-state index in [-0.39, 0.29) is 24.4 Å². The number of carbonyl (C=O) groups excluding carboxylic acids is 1. The molecule has 1 N–H and O–H groups in total. The first kappa shape index (κ1) is 15.4. The van der Waals surface area contributed by atoms with Crippen molar-refractivity contribution in [3.63, 3.8) is 0 Å². The first-order valence-electron chi connectivity index (χ1n) is 7.49. The van der Waals surface area contributed by atoms with Crippen LogP contribution in [0.25, 0.3) is 0 Å². The van der Waals surface area contributed by atoms with Crippen LogP contribution in [0, 0.1) is 5.82 Å². The minimum atomic E-state index is -0.383. The minimum absolute atomic E-state index is 0.136. The van der Waals surface area contributed by atoms with E-state index in [9.17, 15) is 9.18 Å². The lowest BCUT2D eigenvalue weighted by Gasteiger charge is -2.13. The third-order valence-electron chi connectivity index (χ3n) is 3.54. The van der Waals surface area contributed by atoms with E-state index in [0.717, 1.165) is 12.8 Å². The molecule has 1 saturated heterocycles. The van der Waals surface area contributed by atoms with Crippen LogP contribution in [-0.4, -0.2) is 23.6 Å². The fraction of sp³-hybridized carbons (Fsp3) is 0.294. The highest BCUT2D eigenvalue weighted by Crippen LogP contribution is 2.23. The van der Waals surface area contributed by atoms with Gasteiger partial charge in [0.05, 0.1) is 0 Å². The standard InChI is InChI=1S/C17H17FN2O3/c18-13-5-1-6-14(10-13)23-17-12(4-2-8-19-17)11-20-16(21)15-7-3-9-22-15/h1-2,4-6,8,10,15H,3,7,9,11H2,(H,20,21). The number of halogens is 1. The number of benzene rings is 1. The number of pyridine rings is 1. The molecule has 6 heteroatoms. The fourth-order valence-electron chi connectivity index (χ4n) is 2.37. The lowest BCUT2D eigenvalue weighted by Crippen LogP contribution is -2.33. The number of hydrogen-bond acceptors (Lipinski definition) is 4. The average Bonchev–Trinajstić information content (AvgIpc) is 3.08. The molecule has 2 heterocycles. The summed E-state index contributed by atoms with van der Waals surface area (Å²) in [4.78, 5) is 16.1. The molecule has 1 amide bonds. The molecule has 23 heavy (non-hydrogen) atoms. The average molecular weight is 316 g/mol. The normalized spacial score (nSPS) is 17.0. The minimum Gasteiger partial charge on any atom is -0.439 e. The van der Waals surface area contributed by atoms with Crippen LogP contribution in [0.2, 0.25) is 0 Å². The molecule has 1 fully saturated rings. The Hall–Kier alpha value is -2.47. The Kier molecular flexibility index (Phi) is 4.83. The number of ether oxygens (including phenoxy) is 2. The van der Waals surface area contributed by atoms with Crippen LogP contribution >= 0.6 is 0 Å². The largest absolute Gasteiger partial charge is 0.439 e. The number of hydrogen-bond donors (Lipinski definition) is 1. The Bertz CT molecular complexity index is 687. The molecular formula is C17H17FN2O3. The van der Waals surface area contributed by atoms with Crippen molar-refractivity contribution in [2.24, 2.45) is 0 Å². The van der Waals surface area contributed by atoms with E-state index in [2.05, 4.69) is 10.3 Å². The molecule has 1 aliphatic heterocycles. The third-order valence-corrected chi connectivity index (χ3v) is 3.54. The van der Waals surface area contributed by atoms with Gasteiger partial charge in [0, 0.05) is 31.0 Å². The van der Waals surface area contributed by atoms with Crippen LogP contribution in [0.5, 0.6) is 11.6 Å². The summed E-state index contributed by atoms with van der Waals surface area (Å²) in [5.41, 5.74) is 0.711. The molecule has 0 spiro atoms. The Morgan fingerprint density at radius 2 is 2.30 bits per heavy atom. The predicted octanol–water partition coefficient (Wildman–Crippen LogP) is 2.81. The summed E-state index contributed by atoms with van der Waals surface area (Å²) in [5.74, 6) is 0.177. The molecule has 5 nitrogen and oxygen atoms in total. The molecule has 0 bridgehead atoms. The molecule has 1 aromatic heterocycles. The third kappa shape index (κ3) is 4.04. The Balaban J connectivity index is 1.66. The molecule has 3 rings (SSSR count). The SMILES string of the molecule is O=C(NCc1cccnc1Oc1cccc(F)c1)C1CCCO1. The van der Waals surface area contributed by atoms with Gasteiger partial charge < -0.3 is 14.8 Å². The topological polar surface area (TPSA) is 60.5 Å². The van der Waals surface area contributed by atoms with E-state index < -0.39 is 0 Å².